The molecule has 1 aromatic heterocycles. The van der Waals surface area contributed by atoms with Crippen molar-refractivity contribution in [1.82, 2.24) is 15.1 Å². The van der Waals surface area contributed by atoms with Gasteiger partial charge in [-0.25, -0.2) is 0 Å². The van der Waals surface area contributed by atoms with Gasteiger partial charge in [-0.3, -0.25) is 9.48 Å². The Kier molecular flexibility index (Phi) is 4.03. The third-order valence-electron chi connectivity index (χ3n) is 3.40. The summed E-state index contributed by atoms with van der Waals surface area (Å²) in [6.07, 6.45) is -3.63. The van der Waals surface area contributed by atoms with E-state index in [9.17, 15) is 18.0 Å². The van der Waals surface area contributed by atoms with E-state index in [0.717, 1.165) is 6.07 Å². The first-order valence-corrected chi connectivity index (χ1v) is 6.33. The molecule has 5 nitrogen and oxygen atoms in total. The molecule has 2 rings (SSSR count). The summed E-state index contributed by atoms with van der Waals surface area (Å²) < 4.78 is 44.1. The van der Waals surface area contributed by atoms with E-state index in [4.69, 9.17) is 0 Å². The second-order valence-electron chi connectivity index (χ2n) is 4.69. The van der Waals surface area contributed by atoms with Crippen molar-refractivity contribution in [2.75, 3.05) is 13.7 Å². The van der Waals surface area contributed by atoms with Gasteiger partial charge in [-0.05, 0) is 18.9 Å². The molecule has 2 atom stereocenters. The third kappa shape index (κ3) is 2.79. The highest BCUT2D eigenvalue weighted by atomic mass is 19.4. The molecule has 0 aliphatic carbocycles. The minimum absolute atomic E-state index is 0.273. The highest BCUT2D eigenvalue weighted by Crippen LogP contribution is 2.31. The predicted octanol–water partition coefficient (Wildman–Crippen LogP) is 1.54. The molecule has 0 radical (unpaired) electrons. The normalized spacial score (nSPS) is 23.1. The standard InChI is InChI=1S/C12H16F3N3O2/c1-3-7-5-10(12(13,14)15)17-18(7)8-4-9(16-6-8)11(19)20-2/h5,8-9,16H,3-4,6H2,1-2H3. The lowest BCUT2D eigenvalue weighted by Gasteiger charge is -2.13. The lowest BCUT2D eigenvalue weighted by Crippen LogP contribution is -2.31. The van der Waals surface area contributed by atoms with E-state index < -0.39 is 23.9 Å². The zero-order valence-electron chi connectivity index (χ0n) is 11.2. The van der Waals surface area contributed by atoms with Crippen molar-refractivity contribution < 1.29 is 22.7 Å². The van der Waals surface area contributed by atoms with Crippen molar-refractivity contribution in [3.63, 3.8) is 0 Å². The summed E-state index contributed by atoms with van der Waals surface area (Å²) in [6, 6.07) is 0.296. The number of aryl methyl sites for hydroxylation is 1. The number of hydrogen-bond acceptors (Lipinski definition) is 4. The molecule has 20 heavy (non-hydrogen) atoms. The molecule has 0 saturated carbocycles. The van der Waals surface area contributed by atoms with Crippen LogP contribution in [0.1, 0.15) is 30.8 Å². The number of nitrogens with zero attached hydrogens (tertiary/aromatic N) is 2. The van der Waals surface area contributed by atoms with Gasteiger partial charge in [0.05, 0.1) is 13.2 Å². The number of nitrogens with one attached hydrogen (secondary N) is 1. The number of carbonyl (C=O) groups excluding carboxylic acids is 1. The molecule has 8 heteroatoms. The smallest absolute Gasteiger partial charge is 0.435 e. The van der Waals surface area contributed by atoms with Gasteiger partial charge in [0.15, 0.2) is 5.69 Å². The Balaban J connectivity index is 2.21. The first-order chi connectivity index (χ1) is 9.36. The summed E-state index contributed by atoms with van der Waals surface area (Å²) in [4.78, 5) is 11.4. The van der Waals surface area contributed by atoms with Crippen LogP contribution in [0.5, 0.6) is 0 Å². The molecule has 2 heterocycles. The summed E-state index contributed by atoms with van der Waals surface area (Å²) in [5.74, 6) is -0.409. The van der Waals surface area contributed by atoms with Crippen molar-refractivity contribution in [3.05, 3.63) is 17.5 Å². The number of esters is 1. The van der Waals surface area contributed by atoms with E-state index in [1.807, 2.05) is 0 Å². The SMILES string of the molecule is CCc1cc(C(F)(F)F)nn1C1CNC(C(=O)OC)C1. The van der Waals surface area contributed by atoms with Crippen LogP contribution in [-0.4, -0.2) is 35.4 Å². The summed E-state index contributed by atoms with van der Waals surface area (Å²) >= 11 is 0. The largest absolute Gasteiger partial charge is 0.468 e. The molecule has 1 aliphatic heterocycles. The number of alkyl halides is 3. The van der Waals surface area contributed by atoms with Crippen molar-refractivity contribution in [3.8, 4) is 0 Å². The summed E-state index contributed by atoms with van der Waals surface area (Å²) in [5.41, 5.74) is -0.384. The third-order valence-corrected chi connectivity index (χ3v) is 3.40. The average Bonchev–Trinajstić information content (AvgIpc) is 3.02. The van der Waals surface area contributed by atoms with Gasteiger partial charge in [-0.2, -0.15) is 18.3 Å². The van der Waals surface area contributed by atoms with Crippen LogP contribution in [0.15, 0.2) is 6.07 Å². The van der Waals surface area contributed by atoms with Gasteiger partial charge in [0, 0.05) is 12.2 Å². The number of halogens is 3. The molecule has 0 amide bonds. The van der Waals surface area contributed by atoms with Gasteiger partial charge in [0.2, 0.25) is 0 Å². The van der Waals surface area contributed by atoms with Gasteiger partial charge in [0.1, 0.15) is 6.04 Å². The summed E-state index contributed by atoms with van der Waals surface area (Å²) in [6.45, 7) is 2.17. The highest BCUT2D eigenvalue weighted by molar-refractivity contribution is 5.76. The fourth-order valence-electron chi connectivity index (χ4n) is 2.38. The van der Waals surface area contributed by atoms with Gasteiger partial charge < -0.3 is 10.1 Å². The lowest BCUT2D eigenvalue weighted by atomic mass is 10.1. The van der Waals surface area contributed by atoms with Crippen LogP contribution in [0.25, 0.3) is 0 Å². The number of ether oxygens (including phenoxy) is 1. The maximum absolute atomic E-state index is 12.7. The van der Waals surface area contributed by atoms with Crippen LogP contribution in [0, 0.1) is 0 Å². The van der Waals surface area contributed by atoms with Crippen molar-refractivity contribution >= 4 is 5.97 Å². The fourth-order valence-corrected chi connectivity index (χ4v) is 2.38. The maximum Gasteiger partial charge on any atom is 0.435 e. The molecule has 112 valence electrons. The van der Waals surface area contributed by atoms with Crippen molar-refractivity contribution in [2.45, 2.75) is 38.0 Å². The number of aromatic nitrogens is 2. The van der Waals surface area contributed by atoms with Crippen LogP contribution in [-0.2, 0) is 22.1 Å². The van der Waals surface area contributed by atoms with Crippen molar-refractivity contribution in [2.24, 2.45) is 0 Å². The second kappa shape index (κ2) is 5.43. The molecule has 0 bridgehead atoms. The Morgan fingerprint density at radius 2 is 2.30 bits per heavy atom. The molecule has 1 aliphatic rings. The van der Waals surface area contributed by atoms with Crippen LogP contribution in [0.4, 0.5) is 13.2 Å². The molecule has 0 spiro atoms. The number of rotatable bonds is 3. The Morgan fingerprint density at radius 3 is 2.85 bits per heavy atom. The van der Waals surface area contributed by atoms with E-state index in [-0.39, 0.29) is 6.04 Å². The second-order valence-corrected chi connectivity index (χ2v) is 4.69. The van der Waals surface area contributed by atoms with E-state index >= 15 is 0 Å². The van der Waals surface area contributed by atoms with E-state index in [0.29, 0.717) is 25.1 Å². The Labute approximate surface area is 114 Å². The average molecular weight is 291 g/mol. The van der Waals surface area contributed by atoms with Gasteiger partial charge in [0.25, 0.3) is 0 Å². The van der Waals surface area contributed by atoms with Gasteiger partial charge in [-0.15, -0.1) is 0 Å². The Morgan fingerprint density at radius 1 is 1.60 bits per heavy atom. The molecular formula is C12H16F3N3O2. The predicted molar refractivity (Wildman–Crippen MR) is 64.1 cm³/mol. The van der Waals surface area contributed by atoms with Crippen molar-refractivity contribution in [1.29, 1.82) is 0 Å². The monoisotopic (exact) mass is 291 g/mol. The molecule has 1 N–H and O–H groups in total. The van der Waals surface area contributed by atoms with Gasteiger partial charge in [-0.1, -0.05) is 6.92 Å². The molecule has 1 saturated heterocycles. The van der Waals surface area contributed by atoms with Gasteiger partial charge >= 0.3 is 12.1 Å². The minimum atomic E-state index is -4.46. The van der Waals surface area contributed by atoms with E-state index in [1.54, 1.807) is 6.92 Å². The fraction of sp³-hybridized carbons (Fsp3) is 0.667. The zero-order valence-corrected chi connectivity index (χ0v) is 11.2. The zero-order chi connectivity index (χ0) is 14.9. The summed E-state index contributed by atoms with van der Waals surface area (Å²) in [5, 5.41) is 6.59. The van der Waals surface area contributed by atoms with Crippen LogP contribution in [0.3, 0.4) is 0 Å². The van der Waals surface area contributed by atoms with Crippen LogP contribution < -0.4 is 5.32 Å². The van der Waals surface area contributed by atoms with Crippen LogP contribution in [0.2, 0.25) is 0 Å². The molecule has 1 aromatic rings. The Bertz CT molecular complexity index is 499. The molecule has 0 aromatic carbocycles. The topological polar surface area (TPSA) is 56.2 Å². The van der Waals surface area contributed by atoms with Crippen LogP contribution >= 0.6 is 0 Å². The Hall–Kier alpha value is -1.57. The molecule has 2 unspecified atom stereocenters. The number of carbonyl (C=O) groups is 1. The highest BCUT2D eigenvalue weighted by Gasteiger charge is 2.37. The maximum atomic E-state index is 12.7. The van der Waals surface area contributed by atoms with E-state index in [2.05, 4.69) is 15.2 Å². The molecule has 1 fully saturated rings. The lowest BCUT2D eigenvalue weighted by molar-refractivity contribution is -0.143. The first kappa shape index (κ1) is 14.8. The summed E-state index contributed by atoms with van der Waals surface area (Å²) in [7, 11) is 1.28. The molecular weight excluding hydrogens is 275 g/mol. The first-order valence-electron chi connectivity index (χ1n) is 6.33. The minimum Gasteiger partial charge on any atom is -0.468 e. The number of hydrogen-bond donors (Lipinski definition) is 1. The number of methoxy groups -OCH3 is 1. The quantitative estimate of drug-likeness (QED) is 0.858. The van der Waals surface area contributed by atoms with E-state index in [1.165, 1.54) is 11.8 Å².